The highest BCUT2D eigenvalue weighted by molar-refractivity contribution is 14.1. The van der Waals surface area contributed by atoms with Gasteiger partial charge in [-0.1, -0.05) is 36.4 Å². The SMILES string of the molecule is O=C(c1ccccc1)n1c(=O)c(I)cn(-c2ccccc2)c1=O. The summed E-state index contributed by atoms with van der Waals surface area (Å²) in [5, 5.41) is 0. The topological polar surface area (TPSA) is 61.1 Å². The minimum absolute atomic E-state index is 0.285. The number of rotatable bonds is 2. The van der Waals surface area contributed by atoms with Crippen molar-refractivity contribution in [2.45, 2.75) is 0 Å². The molecular formula is C17H11IN2O3. The fourth-order valence-corrected chi connectivity index (χ4v) is 2.71. The van der Waals surface area contributed by atoms with E-state index in [4.69, 9.17) is 0 Å². The molecule has 0 unspecified atom stereocenters. The van der Waals surface area contributed by atoms with Crippen LogP contribution in [0.15, 0.2) is 76.4 Å². The highest BCUT2D eigenvalue weighted by atomic mass is 127. The second kappa shape index (κ2) is 6.33. The lowest BCUT2D eigenvalue weighted by Crippen LogP contribution is -2.44. The molecule has 0 N–H and O–H groups in total. The van der Waals surface area contributed by atoms with Crippen molar-refractivity contribution in [1.82, 2.24) is 9.13 Å². The van der Waals surface area contributed by atoms with Gasteiger partial charge in [-0.15, -0.1) is 0 Å². The van der Waals surface area contributed by atoms with Gasteiger partial charge in [0.2, 0.25) is 0 Å². The molecule has 3 aromatic rings. The molecular weight excluding hydrogens is 407 g/mol. The van der Waals surface area contributed by atoms with E-state index in [2.05, 4.69) is 0 Å². The summed E-state index contributed by atoms with van der Waals surface area (Å²) in [6.45, 7) is 0. The molecule has 0 radical (unpaired) electrons. The smallest absolute Gasteiger partial charge is 0.268 e. The predicted molar refractivity (Wildman–Crippen MR) is 95.2 cm³/mol. The van der Waals surface area contributed by atoms with Gasteiger partial charge < -0.3 is 0 Å². The molecule has 0 aliphatic heterocycles. The lowest BCUT2D eigenvalue weighted by atomic mass is 10.2. The van der Waals surface area contributed by atoms with Crippen molar-refractivity contribution >= 4 is 28.5 Å². The Morgan fingerprint density at radius 1 is 0.870 bits per heavy atom. The Hall–Kier alpha value is -2.48. The van der Waals surface area contributed by atoms with E-state index in [1.54, 1.807) is 54.6 Å². The number of para-hydroxylation sites is 1. The number of aromatic nitrogens is 2. The number of hydrogen-bond donors (Lipinski definition) is 0. The van der Waals surface area contributed by atoms with Crippen LogP contribution in [0.2, 0.25) is 0 Å². The monoisotopic (exact) mass is 418 g/mol. The minimum atomic E-state index is -0.685. The fraction of sp³-hybridized carbons (Fsp3) is 0. The zero-order chi connectivity index (χ0) is 16.4. The number of hydrogen-bond acceptors (Lipinski definition) is 3. The zero-order valence-electron chi connectivity index (χ0n) is 11.8. The van der Waals surface area contributed by atoms with Crippen molar-refractivity contribution in [3.63, 3.8) is 0 Å². The second-order valence-electron chi connectivity index (χ2n) is 4.78. The number of benzene rings is 2. The predicted octanol–water partition coefficient (Wildman–Crippen LogP) is 2.29. The van der Waals surface area contributed by atoms with Gasteiger partial charge in [0.15, 0.2) is 0 Å². The summed E-state index contributed by atoms with van der Waals surface area (Å²) >= 11 is 1.83. The van der Waals surface area contributed by atoms with Crippen LogP contribution < -0.4 is 11.2 Å². The lowest BCUT2D eigenvalue weighted by molar-refractivity contribution is 0.0949. The van der Waals surface area contributed by atoms with Gasteiger partial charge in [-0.2, -0.15) is 4.57 Å². The lowest BCUT2D eigenvalue weighted by Gasteiger charge is -2.10. The molecule has 0 spiro atoms. The summed E-state index contributed by atoms with van der Waals surface area (Å²) < 4.78 is 2.25. The first-order valence-corrected chi connectivity index (χ1v) is 7.87. The Morgan fingerprint density at radius 3 is 2.04 bits per heavy atom. The van der Waals surface area contributed by atoms with E-state index in [1.807, 2.05) is 28.7 Å². The van der Waals surface area contributed by atoms with Crippen LogP contribution in [0.3, 0.4) is 0 Å². The average Bonchev–Trinajstić information content (AvgIpc) is 2.59. The van der Waals surface area contributed by atoms with E-state index in [0.29, 0.717) is 10.3 Å². The van der Waals surface area contributed by atoms with Crippen molar-refractivity contribution in [2.75, 3.05) is 0 Å². The van der Waals surface area contributed by atoms with Gasteiger partial charge in [-0.25, -0.2) is 4.79 Å². The van der Waals surface area contributed by atoms with E-state index in [1.165, 1.54) is 10.8 Å². The normalized spacial score (nSPS) is 10.5. The third kappa shape index (κ3) is 2.89. The zero-order valence-corrected chi connectivity index (χ0v) is 14.0. The molecule has 5 nitrogen and oxygen atoms in total. The van der Waals surface area contributed by atoms with Gasteiger partial charge in [0.05, 0.1) is 9.26 Å². The van der Waals surface area contributed by atoms with E-state index in [0.717, 1.165) is 0 Å². The van der Waals surface area contributed by atoms with Crippen LogP contribution in [-0.2, 0) is 0 Å². The van der Waals surface area contributed by atoms with Gasteiger partial charge in [0, 0.05) is 11.8 Å². The van der Waals surface area contributed by atoms with Crippen molar-refractivity contribution in [3.8, 4) is 5.69 Å². The standard InChI is InChI=1S/C17H11IN2O3/c18-14-11-19(13-9-5-2-6-10-13)17(23)20(16(14)22)15(21)12-7-3-1-4-8-12/h1-11H. The Bertz CT molecular complexity index is 976. The molecule has 0 saturated heterocycles. The third-order valence-corrected chi connectivity index (χ3v) is 4.05. The van der Waals surface area contributed by atoms with Crippen LogP contribution in [-0.4, -0.2) is 15.0 Å². The van der Waals surface area contributed by atoms with Gasteiger partial charge in [-0.05, 0) is 46.9 Å². The molecule has 0 saturated carbocycles. The largest absolute Gasteiger partial charge is 0.342 e. The average molecular weight is 418 g/mol. The molecule has 23 heavy (non-hydrogen) atoms. The maximum atomic E-state index is 12.7. The van der Waals surface area contributed by atoms with Gasteiger partial charge in [0.25, 0.3) is 11.5 Å². The van der Waals surface area contributed by atoms with Crippen LogP contribution in [0.5, 0.6) is 0 Å². The molecule has 1 heterocycles. The third-order valence-electron chi connectivity index (χ3n) is 3.31. The number of carbonyl (C=O) groups excluding carboxylic acids is 1. The first kappa shape index (κ1) is 15.4. The molecule has 0 aliphatic rings. The molecule has 3 rings (SSSR count). The minimum Gasteiger partial charge on any atom is -0.268 e. The van der Waals surface area contributed by atoms with Crippen molar-refractivity contribution in [3.05, 3.63) is 96.8 Å². The molecule has 114 valence electrons. The van der Waals surface area contributed by atoms with E-state index >= 15 is 0 Å². The van der Waals surface area contributed by atoms with Crippen molar-refractivity contribution in [2.24, 2.45) is 0 Å². The molecule has 2 aromatic carbocycles. The second-order valence-corrected chi connectivity index (χ2v) is 5.94. The van der Waals surface area contributed by atoms with Crippen molar-refractivity contribution in [1.29, 1.82) is 0 Å². The first-order valence-electron chi connectivity index (χ1n) is 6.79. The fourth-order valence-electron chi connectivity index (χ4n) is 2.19. The highest BCUT2D eigenvalue weighted by Crippen LogP contribution is 2.06. The van der Waals surface area contributed by atoms with Crippen LogP contribution >= 0.6 is 22.6 Å². The van der Waals surface area contributed by atoms with Gasteiger partial charge >= 0.3 is 5.69 Å². The quantitative estimate of drug-likeness (QED) is 0.601. The van der Waals surface area contributed by atoms with Crippen molar-refractivity contribution < 1.29 is 4.79 Å². The van der Waals surface area contributed by atoms with E-state index in [9.17, 15) is 14.4 Å². The van der Waals surface area contributed by atoms with Crippen LogP contribution in [0.25, 0.3) is 5.69 Å². The maximum Gasteiger partial charge on any atom is 0.342 e. The summed E-state index contributed by atoms with van der Waals surface area (Å²) in [6.07, 6.45) is 1.44. The molecule has 0 bridgehead atoms. The summed E-state index contributed by atoms with van der Waals surface area (Å²) in [7, 11) is 0. The van der Waals surface area contributed by atoms with Crippen LogP contribution in [0.4, 0.5) is 0 Å². The Balaban J connectivity index is 2.26. The maximum absolute atomic E-state index is 12.7. The number of halogens is 1. The van der Waals surface area contributed by atoms with E-state index in [-0.39, 0.29) is 9.13 Å². The molecule has 0 atom stereocenters. The van der Waals surface area contributed by atoms with Crippen LogP contribution in [0.1, 0.15) is 10.4 Å². The number of nitrogens with zero attached hydrogens (tertiary/aromatic N) is 2. The summed E-state index contributed by atoms with van der Waals surface area (Å²) in [5.74, 6) is -0.635. The summed E-state index contributed by atoms with van der Waals surface area (Å²) in [5.41, 5.74) is -0.426. The Kier molecular flexibility index (Phi) is 4.24. The molecule has 6 heteroatoms. The number of carbonyl (C=O) groups is 1. The molecule has 0 fully saturated rings. The molecule has 0 aliphatic carbocycles. The van der Waals surface area contributed by atoms with Gasteiger partial charge in [0.1, 0.15) is 0 Å². The van der Waals surface area contributed by atoms with Crippen LogP contribution in [0, 0.1) is 3.57 Å². The highest BCUT2D eigenvalue weighted by Gasteiger charge is 2.18. The summed E-state index contributed by atoms with van der Waals surface area (Å²) in [4.78, 5) is 37.5. The summed E-state index contributed by atoms with van der Waals surface area (Å²) in [6, 6.07) is 17.1. The Morgan fingerprint density at radius 2 is 1.43 bits per heavy atom. The van der Waals surface area contributed by atoms with Gasteiger partial charge in [-0.3, -0.25) is 14.2 Å². The Labute approximate surface area is 145 Å². The first-order chi connectivity index (χ1) is 11.1. The molecule has 1 aromatic heterocycles. The molecule has 0 amide bonds. The van der Waals surface area contributed by atoms with E-state index < -0.39 is 17.2 Å².